The summed E-state index contributed by atoms with van der Waals surface area (Å²) in [5, 5.41) is 24.9. The second kappa shape index (κ2) is 11.4. The zero-order chi connectivity index (χ0) is 24.8. The van der Waals surface area contributed by atoms with Gasteiger partial charge in [-0.1, -0.05) is 32.4 Å². The third-order valence-corrected chi connectivity index (χ3v) is 5.42. The molecule has 4 N–H and O–H groups in total. The highest BCUT2D eigenvalue weighted by Gasteiger charge is 2.48. The third kappa shape index (κ3) is 7.63. The van der Waals surface area contributed by atoms with Gasteiger partial charge in [0.25, 0.3) is 0 Å². The lowest BCUT2D eigenvalue weighted by molar-refractivity contribution is -0.144. The summed E-state index contributed by atoms with van der Waals surface area (Å²) < 4.78 is 5.23. The second-order valence-electron chi connectivity index (χ2n) is 9.55. The van der Waals surface area contributed by atoms with Crippen molar-refractivity contribution in [2.45, 2.75) is 77.6 Å². The molecule has 1 saturated carbocycles. The Labute approximate surface area is 195 Å². The first-order valence-corrected chi connectivity index (χ1v) is 11.5. The number of aliphatic hydroxyl groups excluding tert-OH is 1. The van der Waals surface area contributed by atoms with Crippen molar-refractivity contribution in [3.05, 3.63) is 29.8 Å². The number of carbonyl (C=O) groups excluding carboxylic acids is 3. The molecule has 9 heteroatoms. The highest BCUT2D eigenvalue weighted by Crippen LogP contribution is 2.40. The number of nitrogens with one attached hydrogen (secondary N) is 2. The molecule has 0 saturated heterocycles. The van der Waals surface area contributed by atoms with Crippen molar-refractivity contribution in [2.24, 2.45) is 5.92 Å². The first-order chi connectivity index (χ1) is 15.5. The summed E-state index contributed by atoms with van der Waals surface area (Å²) >= 11 is 0. The molecule has 0 radical (unpaired) electrons. The van der Waals surface area contributed by atoms with Gasteiger partial charge in [-0.05, 0) is 57.2 Å². The number of rotatable bonds is 10. The molecule has 0 aliphatic heterocycles. The molecule has 4 atom stereocenters. The van der Waals surface area contributed by atoms with Crippen molar-refractivity contribution < 1.29 is 29.3 Å². The minimum atomic E-state index is -1.27. The molecule has 3 amide bonds. The van der Waals surface area contributed by atoms with Gasteiger partial charge in [-0.3, -0.25) is 9.59 Å². The summed E-state index contributed by atoms with van der Waals surface area (Å²) in [5.41, 5.74) is -0.242. The van der Waals surface area contributed by atoms with Crippen LogP contribution in [0.1, 0.15) is 65.5 Å². The Morgan fingerprint density at radius 3 is 2.30 bits per heavy atom. The smallest absolute Gasteiger partial charge is 0.408 e. The number of carbonyl (C=O) groups is 3. The Balaban J connectivity index is 2.36. The van der Waals surface area contributed by atoms with E-state index in [1.165, 1.54) is 17.0 Å². The van der Waals surface area contributed by atoms with Gasteiger partial charge in [0.1, 0.15) is 23.4 Å². The fourth-order valence-electron chi connectivity index (χ4n) is 3.57. The first kappa shape index (κ1) is 26.4. The van der Waals surface area contributed by atoms with E-state index >= 15 is 0 Å². The second-order valence-corrected chi connectivity index (χ2v) is 9.55. The summed E-state index contributed by atoms with van der Waals surface area (Å²) in [5.74, 6) is -0.712. The van der Waals surface area contributed by atoms with Crippen LogP contribution in [0.2, 0.25) is 0 Å². The lowest BCUT2D eigenvalue weighted by Crippen LogP contribution is -2.55. The van der Waals surface area contributed by atoms with E-state index in [1.807, 2.05) is 13.8 Å². The molecule has 1 aromatic rings. The van der Waals surface area contributed by atoms with Gasteiger partial charge in [0.05, 0.1) is 6.61 Å². The summed E-state index contributed by atoms with van der Waals surface area (Å²) in [4.78, 5) is 40.6. The van der Waals surface area contributed by atoms with Crippen LogP contribution in [0.3, 0.4) is 0 Å². The van der Waals surface area contributed by atoms with Crippen LogP contribution < -0.4 is 10.6 Å². The van der Waals surface area contributed by atoms with E-state index in [1.54, 1.807) is 32.9 Å². The summed E-state index contributed by atoms with van der Waals surface area (Å²) in [6.45, 7) is 8.90. The molecule has 4 unspecified atom stereocenters. The van der Waals surface area contributed by atoms with Gasteiger partial charge in [-0.2, -0.15) is 0 Å². The van der Waals surface area contributed by atoms with E-state index in [9.17, 15) is 24.6 Å². The monoisotopic (exact) mass is 463 g/mol. The molecule has 0 aromatic heterocycles. The Kier molecular flexibility index (Phi) is 9.10. The molecule has 33 heavy (non-hydrogen) atoms. The molecule has 9 nitrogen and oxygen atoms in total. The maximum absolute atomic E-state index is 13.6. The van der Waals surface area contributed by atoms with Crippen molar-refractivity contribution in [1.29, 1.82) is 0 Å². The average Bonchev–Trinajstić information content (AvgIpc) is 3.45. The van der Waals surface area contributed by atoms with Crippen molar-refractivity contribution in [1.82, 2.24) is 15.5 Å². The summed E-state index contributed by atoms with van der Waals surface area (Å²) in [6, 6.07) is 3.66. The highest BCUT2D eigenvalue weighted by molar-refractivity contribution is 5.92. The number of hydrogen-bond donors (Lipinski definition) is 4. The Hall–Kier alpha value is -2.81. The van der Waals surface area contributed by atoms with Crippen molar-refractivity contribution in [3.8, 4) is 5.75 Å². The maximum Gasteiger partial charge on any atom is 0.408 e. The Morgan fingerprint density at radius 2 is 1.82 bits per heavy atom. The molecular formula is C24H37N3O6. The van der Waals surface area contributed by atoms with Crippen LogP contribution >= 0.6 is 0 Å². The van der Waals surface area contributed by atoms with Crippen LogP contribution in [-0.4, -0.2) is 63.9 Å². The minimum Gasteiger partial charge on any atom is -0.508 e. The molecule has 0 spiro atoms. The minimum absolute atomic E-state index is 0.0429. The van der Waals surface area contributed by atoms with Gasteiger partial charge in [-0.15, -0.1) is 0 Å². The predicted octanol–water partition coefficient (Wildman–Crippen LogP) is 2.47. The van der Waals surface area contributed by atoms with Crippen molar-refractivity contribution in [2.75, 3.05) is 13.2 Å². The van der Waals surface area contributed by atoms with E-state index in [0.29, 0.717) is 18.5 Å². The number of alkyl carbamates (subject to hydrolysis) is 1. The van der Waals surface area contributed by atoms with Crippen LogP contribution in [0.4, 0.5) is 4.79 Å². The van der Waals surface area contributed by atoms with E-state index < -0.39 is 36.3 Å². The zero-order valence-electron chi connectivity index (χ0n) is 20.1. The molecule has 1 aliphatic rings. The average molecular weight is 464 g/mol. The standard InChI is InChI=1S/C24H37N3O6/c1-6-7-12-25-21(30)20(16-8-10-17(29)11-9-16)27(19-13-15(19)2)22(31)18(14-28)26-23(32)33-24(3,4)5/h8-11,15,18-20,28-29H,6-7,12-14H2,1-5H3,(H,25,30)(H,26,32). The summed E-state index contributed by atoms with van der Waals surface area (Å²) in [6.07, 6.45) is 1.57. The van der Waals surface area contributed by atoms with Gasteiger partial charge >= 0.3 is 6.09 Å². The number of benzene rings is 1. The SMILES string of the molecule is CCCCNC(=O)C(c1ccc(O)cc1)N(C(=O)C(CO)NC(=O)OC(C)(C)C)C1CC1C. The zero-order valence-corrected chi connectivity index (χ0v) is 20.1. The molecule has 1 aliphatic carbocycles. The summed E-state index contributed by atoms with van der Waals surface area (Å²) in [7, 11) is 0. The predicted molar refractivity (Wildman–Crippen MR) is 123 cm³/mol. The van der Waals surface area contributed by atoms with E-state index in [0.717, 1.165) is 12.8 Å². The van der Waals surface area contributed by atoms with Crippen LogP contribution in [0.15, 0.2) is 24.3 Å². The molecule has 0 heterocycles. The quantitative estimate of drug-likeness (QED) is 0.395. The van der Waals surface area contributed by atoms with Crippen molar-refractivity contribution in [3.63, 3.8) is 0 Å². The number of aromatic hydroxyl groups is 1. The molecular weight excluding hydrogens is 426 g/mol. The number of phenolic OH excluding ortho intramolecular Hbond substituents is 1. The van der Waals surface area contributed by atoms with E-state index in [4.69, 9.17) is 4.74 Å². The van der Waals surface area contributed by atoms with Gasteiger partial charge in [-0.25, -0.2) is 4.79 Å². The van der Waals surface area contributed by atoms with Crippen molar-refractivity contribution >= 4 is 17.9 Å². The van der Waals surface area contributed by atoms with E-state index in [-0.39, 0.29) is 23.6 Å². The largest absolute Gasteiger partial charge is 0.508 e. The normalized spacial score (nSPS) is 19.2. The number of unbranched alkanes of at least 4 members (excludes halogenated alkanes) is 1. The molecule has 1 aromatic carbocycles. The van der Waals surface area contributed by atoms with Gasteiger partial charge < -0.3 is 30.5 Å². The number of ether oxygens (including phenoxy) is 1. The lowest BCUT2D eigenvalue weighted by atomic mass is 10.0. The lowest BCUT2D eigenvalue weighted by Gasteiger charge is -2.34. The molecule has 184 valence electrons. The maximum atomic E-state index is 13.6. The first-order valence-electron chi connectivity index (χ1n) is 11.5. The fourth-order valence-corrected chi connectivity index (χ4v) is 3.57. The Bertz CT molecular complexity index is 820. The topological polar surface area (TPSA) is 128 Å². The molecule has 0 bridgehead atoms. The van der Waals surface area contributed by atoms with Gasteiger partial charge in [0, 0.05) is 12.6 Å². The number of amides is 3. The van der Waals surface area contributed by atoms with Gasteiger partial charge in [0.15, 0.2) is 0 Å². The number of nitrogens with zero attached hydrogens (tertiary/aromatic N) is 1. The van der Waals surface area contributed by atoms with E-state index in [2.05, 4.69) is 10.6 Å². The van der Waals surface area contributed by atoms with Crippen LogP contribution in [0.25, 0.3) is 0 Å². The molecule has 1 fully saturated rings. The highest BCUT2D eigenvalue weighted by atomic mass is 16.6. The number of phenols is 1. The van der Waals surface area contributed by atoms with Crippen LogP contribution in [0.5, 0.6) is 5.75 Å². The number of aliphatic hydroxyl groups is 1. The van der Waals surface area contributed by atoms with Gasteiger partial charge in [0.2, 0.25) is 11.8 Å². The number of hydrogen-bond acceptors (Lipinski definition) is 6. The Morgan fingerprint density at radius 1 is 1.21 bits per heavy atom. The van der Waals surface area contributed by atoms with Crippen LogP contribution in [-0.2, 0) is 14.3 Å². The molecule has 2 rings (SSSR count). The third-order valence-electron chi connectivity index (χ3n) is 5.42. The fraction of sp³-hybridized carbons (Fsp3) is 0.625. The van der Waals surface area contributed by atoms with Crippen LogP contribution in [0, 0.1) is 5.92 Å².